The van der Waals surface area contributed by atoms with Gasteiger partial charge in [0.15, 0.2) is 0 Å². The first kappa shape index (κ1) is 18.9. The molecule has 1 aliphatic rings. The molecule has 0 radical (unpaired) electrons. The second-order valence-electron chi connectivity index (χ2n) is 5.71. The summed E-state index contributed by atoms with van der Waals surface area (Å²) in [5, 5.41) is 2.71. The molecule has 27 heavy (non-hydrogen) atoms. The summed E-state index contributed by atoms with van der Waals surface area (Å²) < 4.78 is 5.08. The van der Waals surface area contributed by atoms with E-state index in [2.05, 4.69) is 5.32 Å². The number of halogens is 2. The molecule has 3 rings (SSSR count). The maximum Gasteiger partial charge on any atom is 0.277 e. The molecule has 0 bridgehead atoms. The van der Waals surface area contributed by atoms with E-state index < -0.39 is 11.8 Å². The van der Waals surface area contributed by atoms with Crippen molar-refractivity contribution in [3.63, 3.8) is 0 Å². The Morgan fingerprint density at radius 3 is 2.26 bits per heavy atom. The molecule has 0 atom stereocenters. The van der Waals surface area contributed by atoms with Crippen molar-refractivity contribution < 1.29 is 19.1 Å². The van der Waals surface area contributed by atoms with Crippen LogP contribution in [0.4, 0.5) is 11.4 Å². The Balaban J connectivity index is 1.94. The molecule has 0 saturated carbocycles. The van der Waals surface area contributed by atoms with Gasteiger partial charge in [0.1, 0.15) is 10.8 Å². The third-order valence-corrected chi connectivity index (χ3v) is 4.56. The van der Waals surface area contributed by atoms with Crippen molar-refractivity contribution in [1.82, 2.24) is 0 Å². The van der Waals surface area contributed by atoms with Crippen molar-refractivity contribution in [2.24, 2.45) is 0 Å². The Morgan fingerprint density at radius 2 is 1.70 bits per heavy atom. The average molecular weight is 405 g/mol. The van der Waals surface area contributed by atoms with E-state index in [9.17, 15) is 14.4 Å². The molecule has 1 aliphatic heterocycles. The Morgan fingerprint density at radius 1 is 1.04 bits per heavy atom. The van der Waals surface area contributed by atoms with Gasteiger partial charge in [-0.3, -0.25) is 14.4 Å². The molecule has 6 nitrogen and oxygen atoms in total. The van der Waals surface area contributed by atoms with Crippen molar-refractivity contribution in [1.29, 1.82) is 0 Å². The van der Waals surface area contributed by atoms with Crippen molar-refractivity contribution in [3.8, 4) is 5.75 Å². The molecule has 1 heterocycles. The van der Waals surface area contributed by atoms with Gasteiger partial charge in [0, 0.05) is 12.6 Å². The van der Waals surface area contributed by atoms with E-state index in [4.69, 9.17) is 27.9 Å². The monoisotopic (exact) mass is 404 g/mol. The molecule has 0 spiro atoms. The number of benzene rings is 2. The average Bonchev–Trinajstić information content (AvgIpc) is 2.84. The summed E-state index contributed by atoms with van der Waals surface area (Å²) in [6, 6.07) is 11.0. The minimum atomic E-state index is -0.635. The molecule has 3 amide bonds. The van der Waals surface area contributed by atoms with Gasteiger partial charge in [-0.2, -0.15) is 0 Å². The molecule has 0 aromatic heterocycles. The molecule has 138 valence electrons. The summed E-state index contributed by atoms with van der Waals surface area (Å²) in [6.45, 7) is 1.39. The Hall–Kier alpha value is -2.83. The number of nitrogens with zero attached hydrogens (tertiary/aromatic N) is 1. The van der Waals surface area contributed by atoms with Crippen LogP contribution in [0.3, 0.4) is 0 Å². The van der Waals surface area contributed by atoms with Crippen LogP contribution in [0.15, 0.2) is 47.5 Å². The molecule has 0 unspecified atom stereocenters. The largest absolute Gasteiger partial charge is 0.495 e. The normalized spacial score (nSPS) is 14.0. The third-order valence-electron chi connectivity index (χ3n) is 3.91. The third kappa shape index (κ3) is 3.54. The summed E-state index contributed by atoms with van der Waals surface area (Å²) in [6.07, 6.45) is 0. The molecular formula is C19H14Cl2N2O4. The highest BCUT2D eigenvalue weighted by molar-refractivity contribution is 6.60. The summed E-state index contributed by atoms with van der Waals surface area (Å²) >= 11 is 12.3. The number of anilines is 2. The zero-order chi connectivity index (χ0) is 19.7. The molecule has 0 saturated heterocycles. The summed E-state index contributed by atoms with van der Waals surface area (Å²) in [7, 11) is 1.47. The van der Waals surface area contributed by atoms with Gasteiger partial charge in [0.25, 0.3) is 11.8 Å². The number of nitrogens with one attached hydrogen (secondary N) is 1. The fraction of sp³-hybridized carbons (Fsp3) is 0.105. The molecule has 1 N–H and O–H groups in total. The van der Waals surface area contributed by atoms with Crippen molar-refractivity contribution in [2.75, 3.05) is 17.3 Å². The number of carbonyl (C=O) groups excluding carboxylic acids is 3. The fourth-order valence-electron chi connectivity index (χ4n) is 2.71. The number of methoxy groups -OCH3 is 1. The van der Waals surface area contributed by atoms with Crippen molar-refractivity contribution in [3.05, 3.63) is 58.1 Å². The van der Waals surface area contributed by atoms with Crippen LogP contribution in [-0.4, -0.2) is 24.8 Å². The molecular weight excluding hydrogens is 391 g/mol. The lowest BCUT2D eigenvalue weighted by molar-refractivity contribution is -0.120. The van der Waals surface area contributed by atoms with Gasteiger partial charge in [-0.15, -0.1) is 0 Å². The Labute approximate surface area is 165 Å². The van der Waals surface area contributed by atoms with Crippen molar-refractivity contribution in [2.45, 2.75) is 6.92 Å². The van der Waals surface area contributed by atoms with Crippen LogP contribution < -0.4 is 15.0 Å². The predicted molar refractivity (Wildman–Crippen MR) is 104 cm³/mol. The number of ether oxygens (including phenoxy) is 1. The molecule has 0 aliphatic carbocycles. The van der Waals surface area contributed by atoms with Gasteiger partial charge in [-0.25, -0.2) is 4.90 Å². The van der Waals surface area contributed by atoms with E-state index in [1.807, 2.05) is 0 Å². The van der Waals surface area contributed by atoms with Crippen LogP contribution in [0.25, 0.3) is 5.57 Å². The second-order valence-corrected chi connectivity index (χ2v) is 6.50. The first-order chi connectivity index (χ1) is 12.8. The highest BCUT2D eigenvalue weighted by Crippen LogP contribution is 2.37. The summed E-state index contributed by atoms with van der Waals surface area (Å²) in [5.41, 5.74) is 1.41. The lowest BCUT2D eigenvalue weighted by Gasteiger charge is -2.16. The maximum atomic E-state index is 12.9. The lowest BCUT2D eigenvalue weighted by Crippen LogP contribution is -2.31. The number of imide groups is 1. The number of amides is 3. The van der Waals surface area contributed by atoms with Gasteiger partial charge in [0.2, 0.25) is 5.91 Å². The quantitative estimate of drug-likeness (QED) is 0.785. The van der Waals surface area contributed by atoms with Gasteiger partial charge in [-0.1, -0.05) is 35.3 Å². The van der Waals surface area contributed by atoms with Crippen LogP contribution >= 0.6 is 23.2 Å². The second kappa shape index (κ2) is 7.42. The number of hydrogen-bond donors (Lipinski definition) is 1. The van der Waals surface area contributed by atoms with E-state index in [-0.39, 0.29) is 21.5 Å². The van der Waals surface area contributed by atoms with Crippen LogP contribution in [-0.2, 0) is 14.4 Å². The van der Waals surface area contributed by atoms with Gasteiger partial charge >= 0.3 is 0 Å². The Bertz CT molecular complexity index is 984. The number of rotatable bonds is 4. The van der Waals surface area contributed by atoms with Crippen molar-refractivity contribution >= 4 is 57.9 Å². The van der Waals surface area contributed by atoms with E-state index in [1.165, 1.54) is 20.1 Å². The van der Waals surface area contributed by atoms with Crippen LogP contribution in [0.5, 0.6) is 5.75 Å². The highest BCUT2D eigenvalue weighted by Gasteiger charge is 2.39. The lowest BCUT2D eigenvalue weighted by atomic mass is 10.1. The van der Waals surface area contributed by atoms with Crippen LogP contribution in [0.1, 0.15) is 12.5 Å². The zero-order valence-corrected chi connectivity index (χ0v) is 15.9. The minimum absolute atomic E-state index is 0.0861. The topological polar surface area (TPSA) is 75.7 Å². The smallest absolute Gasteiger partial charge is 0.277 e. The summed E-state index contributed by atoms with van der Waals surface area (Å²) in [4.78, 5) is 37.5. The minimum Gasteiger partial charge on any atom is -0.495 e. The highest BCUT2D eigenvalue weighted by atomic mass is 35.5. The Kier molecular flexibility index (Phi) is 5.21. The van der Waals surface area contributed by atoms with Gasteiger partial charge in [0.05, 0.1) is 23.4 Å². The van der Waals surface area contributed by atoms with E-state index in [0.717, 1.165) is 4.90 Å². The maximum absolute atomic E-state index is 12.9. The first-order valence-corrected chi connectivity index (χ1v) is 8.59. The van der Waals surface area contributed by atoms with E-state index in [1.54, 1.807) is 36.4 Å². The molecule has 8 heteroatoms. The first-order valence-electron chi connectivity index (χ1n) is 7.83. The number of carbonyl (C=O) groups is 3. The standard InChI is InChI=1S/C19H14Cl2N2O4/c1-10(24)22-12-5-3-11(4-6-12)16-17(21)19(26)23(18(16)25)13-7-8-15(27-2)14(20)9-13/h3-9H,1-2H3,(H,22,24). The molecule has 2 aromatic rings. The number of hydrogen-bond acceptors (Lipinski definition) is 4. The van der Waals surface area contributed by atoms with E-state index >= 15 is 0 Å². The van der Waals surface area contributed by atoms with Gasteiger partial charge in [-0.05, 0) is 35.9 Å². The zero-order valence-electron chi connectivity index (χ0n) is 14.4. The fourth-order valence-corrected chi connectivity index (χ4v) is 3.23. The summed E-state index contributed by atoms with van der Waals surface area (Å²) in [5.74, 6) is -0.982. The van der Waals surface area contributed by atoms with Gasteiger partial charge < -0.3 is 10.1 Å². The predicted octanol–water partition coefficient (Wildman–Crippen LogP) is 3.83. The molecule has 0 fully saturated rings. The SMILES string of the molecule is COc1ccc(N2C(=O)C(Cl)=C(c3ccc(NC(C)=O)cc3)C2=O)cc1Cl. The van der Waals surface area contributed by atoms with Crippen LogP contribution in [0, 0.1) is 0 Å². The van der Waals surface area contributed by atoms with E-state index in [0.29, 0.717) is 22.7 Å². The molecule has 2 aromatic carbocycles. The van der Waals surface area contributed by atoms with Crippen LogP contribution in [0.2, 0.25) is 5.02 Å².